The van der Waals surface area contributed by atoms with Crippen LogP contribution in [-0.2, 0) is 14.3 Å². The van der Waals surface area contributed by atoms with Gasteiger partial charge in [0.1, 0.15) is 16.8 Å². The summed E-state index contributed by atoms with van der Waals surface area (Å²) in [6.45, 7) is 2.91. The molecule has 40 heavy (non-hydrogen) atoms. The maximum atomic E-state index is 13.7. The van der Waals surface area contributed by atoms with Crippen molar-refractivity contribution in [3.8, 4) is 16.3 Å². The Kier molecular flexibility index (Phi) is 7.08. The van der Waals surface area contributed by atoms with Crippen LogP contribution in [0.3, 0.4) is 0 Å². The van der Waals surface area contributed by atoms with Crippen molar-refractivity contribution in [1.29, 1.82) is 0 Å². The van der Waals surface area contributed by atoms with Gasteiger partial charge in [-0.1, -0.05) is 12.1 Å². The lowest BCUT2D eigenvalue weighted by Crippen LogP contribution is -2.48. The fraction of sp³-hybridized carbons (Fsp3) is 0.290. The largest absolute Gasteiger partial charge is 0.497 e. The van der Waals surface area contributed by atoms with Crippen LogP contribution in [0.4, 0.5) is 5.69 Å². The lowest BCUT2D eigenvalue weighted by molar-refractivity contribution is -0.122. The minimum absolute atomic E-state index is 0.0831. The minimum atomic E-state index is -0.914. The third-order valence-electron chi connectivity index (χ3n) is 7.42. The van der Waals surface area contributed by atoms with E-state index < -0.39 is 11.9 Å². The van der Waals surface area contributed by atoms with Gasteiger partial charge in [-0.2, -0.15) is 0 Å². The van der Waals surface area contributed by atoms with Crippen molar-refractivity contribution in [2.75, 3.05) is 25.2 Å². The fourth-order valence-corrected chi connectivity index (χ4v) is 6.39. The molecule has 3 aromatic carbocycles. The Morgan fingerprint density at radius 3 is 2.70 bits per heavy atom. The summed E-state index contributed by atoms with van der Waals surface area (Å²) in [6.07, 6.45) is 1.44. The zero-order valence-electron chi connectivity index (χ0n) is 22.3. The Labute approximate surface area is 236 Å². The van der Waals surface area contributed by atoms with E-state index in [4.69, 9.17) is 14.5 Å². The lowest BCUT2D eigenvalue weighted by Gasteiger charge is -2.30. The number of benzene rings is 3. The molecule has 0 bridgehead atoms. The smallest absolute Gasteiger partial charge is 0.257 e. The fourth-order valence-electron chi connectivity index (χ4n) is 5.32. The summed E-state index contributed by atoms with van der Waals surface area (Å²) >= 11 is 1.60. The highest BCUT2D eigenvalue weighted by Gasteiger charge is 2.45. The normalized spacial score (nSPS) is 19.0. The number of aromatic nitrogens is 1. The van der Waals surface area contributed by atoms with Crippen molar-refractivity contribution >= 4 is 45.0 Å². The number of ether oxygens (including phenoxy) is 2. The highest BCUT2D eigenvalue weighted by atomic mass is 32.1. The van der Waals surface area contributed by atoms with Gasteiger partial charge in [0.05, 0.1) is 35.5 Å². The number of aryl methyl sites for hydroxylation is 1. The molecule has 204 valence electrons. The van der Waals surface area contributed by atoms with E-state index >= 15 is 0 Å². The zero-order valence-corrected chi connectivity index (χ0v) is 23.1. The molecule has 0 radical (unpaired) electrons. The van der Waals surface area contributed by atoms with Crippen molar-refractivity contribution in [3.05, 3.63) is 77.9 Å². The number of amides is 3. The first-order chi connectivity index (χ1) is 19.4. The van der Waals surface area contributed by atoms with E-state index in [2.05, 4.69) is 13.0 Å². The van der Waals surface area contributed by atoms with Crippen LogP contribution in [0.15, 0.2) is 66.7 Å². The highest BCUT2D eigenvalue weighted by Crippen LogP contribution is 2.33. The van der Waals surface area contributed by atoms with E-state index in [0.717, 1.165) is 33.6 Å². The maximum absolute atomic E-state index is 13.7. The van der Waals surface area contributed by atoms with Gasteiger partial charge < -0.3 is 14.4 Å². The Balaban J connectivity index is 1.26. The van der Waals surface area contributed by atoms with Crippen LogP contribution in [0.25, 0.3) is 20.8 Å². The summed E-state index contributed by atoms with van der Waals surface area (Å²) in [5, 5.41) is 0.871. The number of fused-ring (bicyclic) bond motifs is 1. The van der Waals surface area contributed by atoms with Gasteiger partial charge in [0.2, 0.25) is 5.91 Å². The van der Waals surface area contributed by atoms with E-state index in [1.807, 2.05) is 24.3 Å². The number of thiazole rings is 1. The monoisotopic (exact) mass is 555 g/mol. The highest BCUT2D eigenvalue weighted by molar-refractivity contribution is 7.21. The third kappa shape index (κ3) is 4.98. The summed E-state index contributed by atoms with van der Waals surface area (Å²) in [7, 11) is 1.54. The minimum Gasteiger partial charge on any atom is -0.497 e. The van der Waals surface area contributed by atoms with Gasteiger partial charge in [-0.15, -0.1) is 11.3 Å². The molecule has 2 unspecified atom stereocenters. The first kappa shape index (κ1) is 26.2. The number of nitrogens with zero attached hydrogens (tertiary/aromatic N) is 3. The second-order valence-corrected chi connectivity index (χ2v) is 11.2. The zero-order chi connectivity index (χ0) is 27.8. The molecule has 0 N–H and O–H groups in total. The van der Waals surface area contributed by atoms with Gasteiger partial charge >= 0.3 is 0 Å². The Morgan fingerprint density at radius 2 is 1.95 bits per heavy atom. The Bertz CT molecular complexity index is 1590. The van der Waals surface area contributed by atoms with Gasteiger partial charge in [-0.3, -0.25) is 14.4 Å². The number of imide groups is 1. The van der Waals surface area contributed by atoms with Crippen molar-refractivity contribution in [2.24, 2.45) is 0 Å². The van der Waals surface area contributed by atoms with Gasteiger partial charge in [-0.05, 0) is 79.9 Å². The molecular formula is C31H29N3O5S. The van der Waals surface area contributed by atoms with Gasteiger partial charge in [-0.25, -0.2) is 9.88 Å². The molecule has 4 aromatic rings. The number of hydrogen-bond donors (Lipinski definition) is 0. The predicted molar refractivity (Wildman–Crippen MR) is 154 cm³/mol. The molecule has 1 aromatic heterocycles. The number of methoxy groups -OCH3 is 1. The molecule has 6 rings (SSSR count). The Morgan fingerprint density at radius 1 is 1.12 bits per heavy atom. The summed E-state index contributed by atoms with van der Waals surface area (Å²) in [4.78, 5) is 48.1. The van der Waals surface area contributed by atoms with Gasteiger partial charge in [0.25, 0.3) is 11.8 Å². The average molecular weight is 556 g/mol. The van der Waals surface area contributed by atoms with Crippen molar-refractivity contribution in [2.45, 2.75) is 38.3 Å². The van der Waals surface area contributed by atoms with Crippen molar-refractivity contribution in [3.63, 3.8) is 0 Å². The number of carbonyl (C=O) groups excluding carboxylic acids is 3. The van der Waals surface area contributed by atoms with Gasteiger partial charge in [0, 0.05) is 24.3 Å². The molecule has 2 atom stereocenters. The van der Waals surface area contributed by atoms with Crippen LogP contribution in [-0.4, -0.2) is 60.0 Å². The van der Waals surface area contributed by atoms with Crippen LogP contribution in [0.2, 0.25) is 0 Å². The second-order valence-electron chi connectivity index (χ2n) is 10.1. The second kappa shape index (κ2) is 10.8. The first-order valence-electron chi connectivity index (χ1n) is 13.3. The van der Waals surface area contributed by atoms with Crippen molar-refractivity contribution in [1.82, 2.24) is 9.88 Å². The quantitative estimate of drug-likeness (QED) is 0.290. The predicted octanol–water partition coefficient (Wildman–Crippen LogP) is 5.23. The molecule has 0 saturated carbocycles. The van der Waals surface area contributed by atoms with Gasteiger partial charge in [0.15, 0.2) is 0 Å². The molecule has 2 aliphatic rings. The van der Waals surface area contributed by atoms with Crippen LogP contribution in [0, 0.1) is 6.92 Å². The molecule has 8 nitrogen and oxygen atoms in total. The molecule has 2 aliphatic heterocycles. The number of anilines is 1. The number of carbonyl (C=O) groups is 3. The third-order valence-corrected chi connectivity index (χ3v) is 8.48. The Hall–Kier alpha value is -4.08. The molecule has 9 heteroatoms. The molecule has 0 spiro atoms. The van der Waals surface area contributed by atoms with E-state index in [-0.39, 0.29) is 30.9 Å². The summed E-state index contributed by atoms with van der Waals surface area (Å²) < 4.78 is 12.2. The van der Waals surface area contributed by atoms with E-state index in [9.17, 15) is 14.4 Å². The van der Waals surface area contributed by atoms with E-state index in [1.165, 1.54) is 22.5 Å². The topological polar surface area (TPSA) is 89.0 Å². The van der Waals surface area contributed by atoms with Crippen LogP contribution in [0.5, 0.6) is 5.75 Å². The maximum Gasteiger partial charge on any atom is 0.257 e. The molecule has 3 heterocycles. The summed E-state index contributed by atoms with van der Waals surface area (Å²) in [5.74, 6) is -0.540. The van der Waals surface area contributed by atoms with E-state index in [0.29, 0.717) is 23.6 Å². The summed E-state index contributed by atoms with van der Waals surface area (Å²) in [5.41, 5.74) is 3.90. The standard InChI is InChI=1S/C31H29N3O5S/c1-19-8-13-25-27(15-19)40-29(32-25)20-9-11-22(12-10-20)34-28(35)17-26(31(34)37)33(18-24-7-4-14-39-24)30(36)21-5-3-6-23(16-21)38-2/h3,5-6,8-13,15-16,24,26H,4,7,14,17-18H2,1-2H3. The average Bonchev–Trinajstić information content (AvgIpc) is 3.70. The van der Waals surface area contributed by atoms with Crippen molar-refractivity contribution < 1.29 is 23.9 Å². The molecule has 2 saturated heterocycles. The molecule has 3 amide bonds. The number of hydrogen-bond acceptors (Lipinski definition) is 7. The SMILES string of the molecule is COc1cccc(C(=O)N(CC2CCCO2)C2CC(=O)N(c3ccc(-c4nc5ccc(C)cc5s4)cc3)C2=O)c1. The molecule has 0 aliphatic carbocycles. The van der Waals surface area contributed by atoms with Crippen LogP contribution in [0.1, 0.15) is 35.2 Å². The summed E-state index contributed by atoms with van der Waals surface area (Å²) in [6, 6.07) is 19.3. The van der Waals surface area contributed by atoms with Crippen LogP contribution >= 0.6 is 11.3 Å². The first-order valence-corrected chi connectivity index (χ1v) is 14.1. The van der Waals surface area contributed by atoms with E-state index in [1.54, 1.807) is 47.7 Å². The van der Waals surface area contributed by atoms with Crippen LogP contribution < -0.4 is 9.64 Å². The molecular weight excluding hydrogens is 526 g/mol. The number of rotatable bonds is 7. The molecule has 2 fully saturated rings. The lowest BCUT2D eigenvalue weighted by atomic mass is 10.1.